The van der Waals surface area contributed by atoms with E-state index in [0.29, 0.717) is 42.6 Å². The molecule has 3 amide bonds. The number of nitrogens with two attached hydrogens (primary N) is 4. The Labute approximate surface area is 240 Å². The van der Waals surface area contributed by atoms with Gasteiger partial charge in [-0.25, -0.2) is 0 Å². The summed E-state index contributed by atoms with van der Waals surface area (Å²) in [6.07, 6.45) is 3.01. The SMILES string of the molecule is NCCCC[C@H](N)CNC(=O)[C@H]1Cc2cc(ccc2O)-c2ccc(O)c(c2)C[C@H](N)C(=O)N[C@H](CCCN)C(=O)N1. The largest absolute Gasteiger partial charge is 0.508 e. The Hall–Kier alpha value is -3.71. The molecular weight excluding hydrogens is 526 g/mol. The minimum atomic E-state index is -1.08. The molecule has 12 nitrogen and oxygen atoms in total. The van der Waals surface area contributed by atoms with Crippen molar-refractivity contribution >= 4 is 17.7 Å². The minimum absolute atomic E-state index is 0.0179. The second kappa shape index (κ2) is 15.3. The molecule has 224 valence electrons. The monoisotopic (exact) mass is 569 g/mol. The van der Waals surface area contributed by atoms with Crippen molar-refractivity contribution in [3.8, 4) is 22.6 Å². The Morgan fingerprint density at radius 1 is 0.902 bits per heavy atom. The molecule has 0 fully saturated rings. The zero-order valence-corrected chi connectivity index (χ0v) is 23.3. The fourth-order valence-corrected chi connectivity index (χ4v) is 4.77. The van der Waals surface area contributed by atoms with E-state index in [-0.39, 0.29) is 43.3 Å². The quantitative estimate of drug-likeness (QED) is 0.167. The Morgan fingerprint density at radius 3 is 2.12 bits per heavy atom. The third-order valence-electron chi connectivity index (χ3n) is 7.22. The molecule has 13 N–H and O–H groups in total. The van der Waals surface area contributed by atoms with Crippen molar-refractivity contribution in [1.29, 1.82) is 0 Å². The molecule has 2 aromatic rings. The maximum absolute atomic E-state index is 13.4. The van der Waals surface area contributed by atoms with Crippen LogP contribution in [0.2, 0.25) is 0 Å². The highest BCUT2D eigenvalue weighted by Crippen LogP contribution is 2.30. The number of amides is 3. The topological polar surface area (TPSA) is 232 Å². The van der Waals surface area contributed by atoms with Gasteiger partial charge < -0.3 is 49.1 Å². The average molecular weight is 570 g/mol. The van der Waals surface area contributed by atoms with Crippen LogP contribution in [0.5, 0.6) is 11.5 Å². The highest BCUT2D eigenvalue weighted by Gasteiger charge is 2.29. The van der Waals surface area contributed by atoms with E-state index >= 15 is 0 Å². The first kappa shape index (κ1) is 31.8. The zero-order chi connectivity index (χ0) is 29.9. The standard InChI is InChI=1S/C29H43N7O5/c30-10-2-1-4-21(32)16-34-28(40)24-15-20-13-18(7-9-26(20)38)17-6-8-25(37)19(12-17)14-22(33)27(39)35-23(5-3-11-31)29(41)36-24/h6-9,12-13,21-24,37-38H,1-5,10-11,14-16,30-33H2,(H,34,40)(H,35,39)(H,36,41)/t21-,22-,23+,24+/m0/s1. The number of hydrogen-bond donors (Lipinski definition) is 9. The van der Waals surface area contributed by atoms with Crippen LogP contribution in [0.3, 0.4) is 0 Å². The third-order valence-corrected chi connectivity index (χ3v) is 7.22. The zero-order valence-electron chi connectivity index (χ0n) is 23.3. The fraction of sp³-hybridized carbons (Fsp3) is 0.483. The maximum Gasteiger partial charge on any atom is 0.243 e. The highest BCUT2D eigenvalue weighted by atomic mass is 16.3. The summed E-state index contributed by atoms with van der Waals surface area (Å²) in [5.41, 5.74) is 25.9. The van der Waals surface area contributed by atoms with Gasteiger partial charge in [0.25, 0.3) is 0 Å². The van der Waals surface area contributed by atoms with E-state index in [1.54, 1.807) is 24.3 Å². The molecule has 1 heterocycles. The van der Waals surface area contributed by atoms with E-state index in [1.807, 2.05) is 0 Å². The van der Waals surface area contributed by atoms with Crippen LogP contribution < -0.4 is 38.9 Å². The number of unbranched alkanes of at least 4 members (excludes halogenated alkanes) is 1. The molecule has 0 unspecified atom stereocenters. The number of carbonyl (C=O) groups is 3. The molecule has 0 radical (unpaired) electrons. The van der Waals surface area contributed by atoms with Crippen molar-refractivity contribution in [2.75, 3.05) is 19.6 Å². The molecule has 0 aliphatic carbocycles. The lowest BCUT2D eigenvalue weighted by atomic mass is 9.95. The molecule has 0 saturated heterocycles. The van der Waals surface area contributed by atoms with Gasteiger partial charge in [0.15, 0.2) is 0 Å². The molecule has 4 bridgehead atoms. The van der Waals surface area contributed by atoms with Crippen LogP contribution in [0.25, 0.3) is 11.1 Å². The van der Waals surface area contributed by atoms with Gasteiger partial charge in [0, 0.05) is 25.4 Å². The molecule has 3 rings (SSSR count). The number of fused-ring (bicyclic) bond motifs is 5. The van der Waals surface area contributed by atoms with Crippen LogP contribution in [0, 0.1) is 0 Å². The molecule has 0 spiro atoms. The number of nitrogens with one attached hydrogen (secondary N) is 3. The van der Waals surface area contributed by atoms with Crippen LogP contribution >= 0.6 is 0 Å². The van der Waals surface area contributed by atoms with E-state index in [0.717, 1.165) is 18.4 Å². The molecule has 2 aromatic carbocycles. The molecule has 0 saturated carbocycles. The lowest BCUT2D eigenvalue weighted by Crippen LogP contribution is -2.57. The Morgan fingerprint density at radius 2 is 1.51 bits per heavy atom. The Kier molecular flexibility index (Phi) is 11.9. The summed E-state index contributed by atoms with van der Waals surface area (Å²) >= 11 is 0. The molecule has 41 heavy (non-hydrogen) atoms. The van der Waals surface area contributed by atoms with Gasteiger partial charge in [-0.15, -0.1) is 0 Å². The lowest BCUT2D eigenvalue weighted by Gasteiger charge is -2.25. The maximum atomic E-state index is 13.4. The molecular formula is C29H43N7O5. The van der Waals surface area contributed by atoms with Crippen molar-refractivity contribution in [2.45, 2.75) is 69.1 Å². The first-order valence-corrected chi connectivity index (χ1v) is 14.1. The van der Waals surface area contributed by atoms with E-state index in [1.165, 1.54) is 12.1 Å². The number of phenols is 2. The first-order valence-electron chi connectivity index (χ1n) is 14.1. The summed E-state index contributed by atoms with van der Waals surface area (Å²) in [7, 11) is 0. The number of carbonyl (C=O) groups excluding carboxylic acids is 3. The normalized spacial score (nSPS) is 20.2. The lowest BCUT2D eigenvalue weighted by molar-refractivity contribution is -0.132. The second-order valence-electron chi connectivity index (χ2n) is 10.5. The van der Waals surface area contributed by atoms with Gasteiger partial charge in [0.05, 0.1) is 6.04 Å². The molecule has 1 aliphatic rings. The first-order chi connectivity index (χ1) is 19.6. The van der Waals surface area contributed by atoms with Gasteiger partial charge in [-0.3, -0.25) is 14.4 Å². The summed E-state index contributed by atoms with van der Waals surface area (Å²) < 4.78 is 0. The third kappa shape index (κ3) is 9.15. The number of aromatic hydroxyl groups is 2. The van der Waals surface area contributed by atoms with E-state index in [9.17, 15) is 24.6 Å². The van der Waals surface area contributed by atoms with Crippen LogP contribution in [0.15, 0.2) is 36.4 Å². The molecule has 1 aliphatic heterocycles. The molecule has 12 heteroatoms. The van der Waals surface area contributed by atoms with Gasteiger partial charge in [-0.1, -0.05) is 18.6 Å². The average Bonchev–Trinajstić information content (AvgIpc) is 2.95. The van der Waals surface area contributed by atoms with Gasteiger partial charge >= 0.3 is 0 Å². The minimum Gasteiger partial charge on any atom is -0.508 e. The predicted molar refractivity (Wildman–Crippen MR) is 157 cm³/mol. The van der Waals surface area contributed by atoms with Gasteiger partial charge in [0.1, 0.15) is 23.6 Å². The summed E-state index contributed by atoms with van der Waals surface area (Å²) in [6, 6.07) is 6.47. The van der Waals surface area contributed by atoms with Gasteiger partial charge in [0.2, 0.25) is 17.7 Å². The summed E-state index contributed by atoms with van der Waals surface area (Å²) in [4.78, 5) is 39.8. The van der Waals surface area contributed by atoms with Crippen LogP contribution in [0.4, 0.5) is 0 Å². The van der Waals surface area contributed by atoms with Crippen molar-refractivity contribution in [2.24, 2.45) is 22.9 Å². The summed E-state index contributed by atoms with van der Waals surface area (Å²) in [5, 5.41) is 29.4. The van der Waals surface area contributed by atoms with Crippen molar-refractivity contribution in [1.82, 2.24) is 16.0 Å². The number of benzene rings is 2. The van der Waals surface area contributed by atoms with E-state index < -0.39 is 35.8 Å². The number of phenolic OH excluding ortho intramolecular Hbond substituents is 2. The van der Waals surface area contributed by atoms with Gasteiger partial charge in [-0.2, -0.15) is 0 Å². The van der Waals surface area contributed by atoms with E-state index in [2.05, 4.69) is 16.0 Å². The van der Waals surface area contributed by atoms with Crippen LogP contribution in [-0.2, 0) is 27.2 Å². The Balaban J connectivity index is 1.97. The van der Waals surface area contributed by atoms with E-state index in [4.69, 9.17) is 22.9 Å². The number of rotatable bonds is 10. The fourth-order valence-electron chi connectivity index (χ4n) is 4.77. The second-order valence-corrected chi connectivity index (χ2v) is 10.5. The summed E-state index contributed by atoms with van der Waals surface area (Å²) in [6.45, 7) is 1.05. The number of hydrogen-bond acceptors (Lipinski definition) is 9. The molecule has 0 aromatic heterocycles. The molecule has 4 atom stereocenters. The highest BCUT2D eigenvalue weighted by molar-refractivity contribution is 5.93. The van der Waals surface area contributed by atoms with Crippen molar-refractivity contribution in [3.63, 3.8) is 0 Å². The van der Waals surface area contributed by atoms with Crippen LogP contribution in [0.1, 0.15) is 43.2 Å². The van der Waals surface area contributed by atoms with Gasteiger partial charge in [-0.05, 0) is 85.3 Å². The van der Waals surface area contributed by atoms with Crippen molar-refractivity contribution in [3.05, 3.63) is 47.5 Å². The van der Waals surface area contributed by atoms with Crippen molar-refractivity contribution < 1.29 is 24.6 Å². The van der Waals surface area contributed by atoms with Crippen LogP contribution in [-0.4, -0.2) is 71.7 Å². The predicted octanol–water partition coefficient (Wildman–Crippen LogP) is -0.528. The smallest absolute Gasteiger partial charge is 0.243 e. The summed E-state index contributed by atoms with van der Waals surface area (Å²) in [5.74, 6) is -1.70. The Bertz CT molecular complexity index is 1210.